The molecule has 0 atom stereocenters. The zero-order chi connectivity index (χ0) is 26.5. The average molecular weight is 502 g/mol. The lowest BCUT2D eigenvalue weighted by Crippen LogP contribution is -2.41. The van der Waals surface area contributed by atoms with Crippen molar-refractivity contribution in [2.24, 2.45) is 0 Å². The van der Waals surface area contributed by atoms with Gasteiger partial charge in [-0.2, -0.15) is 0 Å². The van der Waals surface area contributed by atoms with Crippen LogP contribution in [0.5, 0.6) is 11.5 Å². The number of rotatable bonds is 5. The standard InChI is InChI=1S/C30H29BF2O4/c1-29(2)30(3,4)37-31(36-29)24-17-25(32)22(16-26(24)33)20-11-7-9-18-10-8-12-21(28(18)20)23-15-19(34-5)13-14-27(23)35-6/h7-17H,1-6H3. The highest BCUT2D eigenvalue weighted by atomic mass is 19.1. The highest BCUT2D eigenvalue weighted by Gasteiger charge is 2.52. The highest BCUT2D eigenvalue weighted by molar-refractivity contribution is 6.62. The fourth-order valence-electron chi connectivity index (χ4n) is 4.73. The van der Waals surface area contributed by atoms with E-state index in [4.69, 9.17) is 18.8 Å². The van der Waals surface area contributed by atoms with E-state index in [1.807, 2.05) is 76.2 Å². The molecule has 4 aromatic rings. The molecule has 0 amide bonds. The Kier molecular flexibility index (Phi) is 6.25. The molecule has 190 valence electrons. The van der Waals surface area contributed by atoms with Crippen molar-refractivity contribution in [3.05, 3.63) is 78.4 Å². The predicted octanol–water partition coefficient (Wildman–Crippen LogP) is 6.77. The summed E-state index contributed by atoms with van der Waals surface area (Å²) in [6.07, 6.45) is 0. The molecule has 1 aliphatic heterocycles. The number of benzene rings is 4. The molecule has 0 unspecified atom stereocenters. The molecule has 1 aliphatic rings. The third-order valence-corrected chi connectivity index (χ3v) is 7.49. The Bertz CT molecular complexity index is 1480. The Morgan fingerprint density at radius 1 is 0.676 bits per heavy atom. The lowest BCUT2D eigenvalue weighted by Gasteiger charge is -2.32. The molecule has 4 aromatic carbocycles. The van der Waals surface area contributed by atoms with Crippen molar-refractivity contribution in [2.75, 3.05) is 14.2 Å². The summed E-state index contributed by atoms with van der Waals surface area (Å²) in [6, 6.07) is 19.3. The van der Waals surface area contributed by atoms with Gasteiger partial charge in [0.2, 0.25) is 0 Å². The molecule has 0 radical (unpaired) electrons. The molecule has 1 saturated heterocycles. The summed E-state index contributed by atoms with van der Waals surface area (Å²) in [5.74, 6) is 0.148. The van der Waals surface area contributed by atoms with Crippen molar-refractivity contribution in [3.8, 4) is 33.8 Å². The first-order chi connectivity index (χ1) is 17.6. The van der Waals surface area contributed by atoms with Crippen LogP contribution in [0.25, 0.3) is 33.0 Å². The minimum absolute atomic E-state index is 0.0369. The quantitative estimate of drug-likeness (QED) is 0.283. The summed E-state index contributed by atoms with van der Waals surface area (Å²) in [6.45, 7) is 7.50. The van der Waals surface area contributed by atoms with Crippen molar-refractivity contribution in [2.45, 2.75) is 38.9 Å². The van der Waals surface area contributed by atoms with E-state index in [0.29, 0.717) is 17.1 Å². The van der Waals surface area contributed by atoms with Gasteiger partial charge in [-0.15, -0.1) is 0 Å². The molecule has 1 heterocycles. The lowest BCUT2D eigenvalue weighted by atomic mass is 9.77. The number of methoxy groups -OCH3 is 2. The number of ether oxygens (including phenoxy) is 2. The molecule has 0 saturated carbocycles. The molecular weight excluding hydrogens is 473 g/mol. The minimum Gasteiger partial charge on any atom is -0.497 e. The van der Waals surface area contributed by atoms with E-state index in [1.54, 1.807) is 20.3 Å². The molecule has 0 bridgehead atoms. The minimum atomic E-state index is -1.00. The molecule has 0 spiro atoms. The van der Waals surface area contributed by atoms with Gasteiger partial charge in [0.15, 0.2) is 0 Å². The van der Waals surface area contributed by atoms with Gasteiger partial charge in [0, 0.05) is 16.6 Å². The Hall–Kier alpha value is -3.42. The third kappa shape index (κ3) is 4.26. The summed E-state index contributed by atoms with van der Waals surface area (Å²) in [7, 11) is 2.19. The van der Waals surface area contributed by atoms with Gasteiger partial charge in [-0.3, -0.25) is 0 Å². The van der Waals surface area contributed by atoms with Gasteiger partial charge in [-0.1, -0.05) is 36.4 Å². The van der Waals surface area contributed by atoms with Gasteiger partial charge >= 0.3 is 7.12 Å². The second-order valence-corrected chi connectivity index (χ2v) is 10.2. The van der Waals surface area contributed by atoms with E-state index >= 15 is 8.78 Å². The molecule has 1 fully saturated rings. The number of halogens is 2. The fourth-order valence-corrected chi connectivity index (χ4v) is 4.73. The first-order valence-corrected chi connectivity index (χ1v) is 12.2. The summed E-state index contributed by atoms with van der Waals surface area (Å²) in [4.78, 5) is 0. The Balaban J connectivity index is 1.69. The van der Waals surface area contributed by atoms with E-state index in [-0.39, 0.29) is 11.0 Å². The fraction of sp³-hybridized carbons (Fsp3) is 0.267. The molecule has 0 aliphatic carbocycles. The Morgan fingerprint density at radius 3 is 1.89 bits per heavy atom. The molecule has 4 nitrogen and oxygen atoms in total. The molecule has 7 heteroatoms. The monoisotopic (exact) mass is 502 g/mol. The first kappa shape index (κ1) is 25.2. The van der Waals surface area contributed by atoms with Crippen LogP contribution >= 0.6 is 0 Å². The van der Waals surface area contributed by atoms with Gasteiger partial charge in [0.1, 0.15) is 23.1 Å². The average Bonchev–Trinajstić information content (AvgIpc) is 3.10. The number of fused-ring (bicyclic) bond motifs is 1. The van der Waals surface area contributed by atoms with Crippen LogP contribution in [0.3, 0.4) is 0 Å². The maximum Gasteiger partial charge on any atom is 0.497 e. The smallest absolute Gasteiger partial charge is 0.497 e. The maximum atomic E-state index is 15.8. The highest BCUT2D eigenvalue weighted by Crippen LogP contribution is 2.42. The van der Waals surface area contributed by atoms with E-state index < -0.39 is 30.0 Å². The molecule has 5 rings (SSSR count). The normalized spacial score (nSPS) is 16.3. The predicted molar refractivity (Wildman–Crippen MR) is 144 cm³/mol. The zero-order valence-corrected chi connectivity index (χ0v) is 21.8. The van der Waals surface area contributed by atoms with Crippen LogP contribution in [0.1, 0.15) is 27.7 Å². The third-order valence-electron chi connectivity index (χ3n) is 7.49. The lowest BCUT2D eigenvalue weighted by molar-refractivity contribution is 0.00578. The van der Waals surface area contributed by atoms with Gasteiger partial charge in [0.05, 0.1) is 25.4 Å². The van der Waals surface area contributed by atoms with Gasteiger partial charge < -0.3 is 18.8 Å². The first-order valence-electron chi connectivity index (χ1n) is 12.2. The summed E-state index contributed by atoms with van der Waals surface area (Å²) in [5.41, 5.74) is 1.02. The molecule has 37 heavy (non-hydrogen) atoms. The molecule has 0 aromatic heterocycles. The van der Waals surface area contributed by atoms with E-state index in [9.17, 15) is 0 Å². The van der Waals surface area contributed by atoms with E-state index in [0.717, 1.165) is 21.9 Å². The van der Waals surface area contributed by atoms with Crippen molar-refractivity contribution < 1.29 is 27.6 Å². The second kappa shape index (κ2) is 9.16. The van der Waals surface area contributed by atoms with Gasteiger partial charge in [-0.25, -0.2) is 8.78 Å². The van der Waals surface area contributed by atoms with Crippen LogP contribution in [0.2, 0.25) is 0 Å². The van der Waals surface area contributed by atoms with Crippen molar-refractivity contribution in [3.63, 3.8) is 0 Å². The number of hydrogen-bond acceptors (Lipinski definition) is 4. The summed E-state index contributed by atoms with van der Waals surface area (Å²) < 4.78 is 54.3. The van der Waals surface area contributed by atoms with E-state index in [2.05, 4.69) is 0 Å². The van der Waals surface area contributed by atoms with Crippen LogP contribution in [0, 0.1) is 11.6 Å². The van der Waals surface area contributed by atoms with Crippen molar-refractivity contribution in [1.29, 1.82) is 0 Å². The summed E-state index contributed by atoms with van der Waals surface area (Å²) >= 11 is 0. The van der Waals surface area contributed by atoms with Gasteiger partial charge in [-0.05, 0) is 79.9 Å². The van der Waals surface area contributed by atoms with Crippen LogP contribution < -0.4 is 14.9 Å². The summed E-state index contributed by atoms with van der Waals surface area (Å²) in [5, 5.41) is 1.66. The Labute approximate surface area is 216 Å². The SMILES string of the molecule is COc1ccc(OC)c(-c2cccc3cccc(-c4cc(F)c(B5OC(C)(C)C(C)(C)O5)cc4F)c23)c1. The van der Waals surface area contributed by atoms with Crippen LogP contribution in [0.15, 0.2) is 66.7 Å². The zero-order valence-electron chi connectivity index (χ0n) is 21.8. The van der Waals surface area contributed by atoms with E-state index in [1.165, 1.54) is 12.1 Å². The van der Waals surface area contributed by atoms with Crippen LogP contribution in [-0.4, -0.2) is 32.5 Å². The van der Waals surface area contributed by atoms with Gasteiger partial charge in [0.25, 0.3) is 0 Å². The Morgan fingerprint density at radius 2 is 1.30 bits per heavy atom. The largest absolute Gasteiger partial charge is 0.497 e. The second-order valence-electron chi connectivity index (χ2n) is 10.2. The molecular formula is C30H29BF2O4. The topological polar surface area (TPSA) is 36.9 Å². The van der Waals surface area contributed by atoms with Crippen molar-refractivity contribution in [1.82, 2.24) is 0 Å². The number of hydrogen-bond donors (Lipinski definition) is 0. The van der Waals surface area contributed by atoms with Crippen molar-refractivity contribution >= 4 is 23.4 Å². The maximum absolute atomic E-state index is 15.8. The van der Waals surface area contributed by atoms with Crippen LogP contribution in [0.4, 0.5) is 8.78 Å². The van der Waals surface area contributed by atoms with Crippen LogP contribution in [-0.2, 0) is 9.31 Å². The molecule has 0 N–H and O–H groups in total.